The second kappa shape index (κ2) is 5.93. The van der Waals surface area contributed by atoms with E-state index in [0.717, 1.165) is 40.8 Å². The molecule has 134 valence electrons. The van der Waals surface area contributed by atoms with Crippen molar-refractivity contribution >= 4 is 33.4 Å². The van der Waals surface area contributed by atoms with Gasteiger partial charge in [0.1, 0.15) is 11.7 Å². The Bertz CT molecular complexity index is 1210. The van der Waals surface area contributed by atoms with Gasteiger partial charge in [-0.1, -0.05) is 12.1 Å². The predicted octanol–water partition coefficient (Wildman–Crippen LogP) is 3.09. The van der Waals surface area contributed by atoms with Crippen LogP contribution in [0.2, 0.25) is 0 Å². The minimum Gasteiger partial charge on any atom is -0.368 e. The highest BCUT2D eigenvalue weighted by atomic mass is 15.2. The summed E-state index contributed by atoms with van der Waals surface area (Å²) in [5.41, 5.74) is 5.05. The Morgan fingerprint density at radius 2 is 1.89 bits per heavy atom. The maximum absolute atomic E-state index is 9.76. The van der Waals surface area contributed by atoms with Crippen molar-refractivity contribution in [2.45, 2.75) is 25.9 Å². The quantitative estimate of drug-likeness (QED) is 0.568. The molecule has 1 unspecified atom stereocenters. The van der Waals surface area contributed by atoms with Crippen LogP contribution in [0.25, 0.3) is 27.7 Å². The normalized spacial score (nSPS) is 20.4. The van der Waals surface area contributed by atoms with Crippen molar-refractivity contribution in [2.75, 3.05) is 18.0 Å². The summed E-state index contributed by atoms with van der Waals surface area (Å²) in [6.07, 6.45) is 1.86. The Morgan fingerprint density at radius 3 is 2.67 bits per heavy atom. The number of piperazine rings is 1. The minimum absolute atomic E-state index is 0.408. The summed E-state index contributed by atoms with van der Waals surface area (Å²) in [6.45, 7) is 6.25. The lowest BCUT2D eigenvalue weighted by Crippen LogP contribution is -2.54. The summed E-state index contributed by atoms with van der Waals surface area (Å²) in [7, 11) is 0. The zero-order chi connectivity index (χ0) is 18.5. The highest BCUT2D eigenvalue weighted by molar-refractivity contribution is 5.97. The molecule has 0 aliphatic carbocycles. The second-order valence-corrected chi connectivity index (χ2v) is 7.37. The van der Waals surface area contributed by atoms with Gasteiger partial charge in [0.15, 0.2) is 5.65 Å². The van der Waals surface area contributed by atoms with E-state index >= 15 is 0 Å². The molecule has 4 aromatic rings. The summed E-state index contributed by atoms with van der Waals surface area (Å²) >= 11 is 0. The van der Waals surface area contributed by atoms with E-state index in [4.69, 9.17) is 0 Å². The van der Waals surface area contributed by atoms with Crippen molar-refractivity contribution in [2.24, 2.45) is 0 Å². The molecule has 1 saturated heterocycles. The van der Waals surface area contributed by atoms with E-state index in [1.165, 1.54) is 0 Å². The lowest BCUT2D eigenvalue weighted by molar-refractivity contribution is 0.407. The third-order valence-electron chi connectivity index (χ3n) is 5.27. The number of fused-ring (bicyclic) bond motifs is 5. The molecule has 1 fully saturated rings. The van der Waals surface area contributed by atoms with E-state index in [1.54, 1.807) is 0 Å². The summed E-state index contributed by atoms with van der Waals surface area (Å²) in [6, 6.07) is 15.1. The van der Waals surface area contributed by atoms with Crippen LogP contribution in [0.4, 0.5) is 5.69 Å². The van der Waals surface area contributed by atoms with Crippen LogP contribution in [-0.2, 0) is 0 Å². The van der Waals surface area contributed by atoms with Gasteiger partial charge in [-0.25, -0.2) is 9.97 Å². The number of hydrogen-bond donors (Lipinski definition) is 1. The Morgan fingerprint density at radius 1 is 1.11 bits per heavy atom. The maximum atomic E-state index is 9.76. The maximum Gasteiger partial charge on any atom is 0.157 e. The van der Waals surface area contributed by atoms with Crippen molar-refractivity contribution in [1.29, 1.82) is 5.26 Å². The lowest BCUT2D eigenvalue weighted by Gasteiger charge is -2.38. The molecular formula is C21H20N6. The van der Waals surface area contributed by atoms with Crippen LogP contribution in [0.15, 0.2) is 42.6 Å². The molecule has 5 rings (SSSR count). The standard InChI is InChI=1S/C21H20N6/c1-13-11-26(12-14(2)24-13)18-7-8-23-21-16(18)9-15(10-22)20-25-17-5-3-4-6-19(17)27(20)21/h3-9,13-14,24H,11-12H2,1-2H3/t13-,14?/m1/s1. The monoisotopic (exact) mass is 356 g/mol. The lowest BCUT2D eigenvalue weighted by atomic mass is 10.1. The summed E-state index contributed by atoms with van der Waals surface area (Å²) in [5, 5.41) is 14.3. The fourth-order valence-electron chi connectivity index (χ4n) is 4.28. The van der Waals surface area contributed by atoms with Gasteiger partial charge in [-0.3, -0.25) is 4.40 Å². The van der Waals surface area contributed by atoms with Gasteiger partial charge in [0.05, 0.1) is 16.6 Å². The molecule has 27 heavy (non-hydrogen) atoms. The van der Waals surface area contributed by atoms with Gasteiger partial charge in [-0.2, -0.15) is 5.26 Å². The molecule has 1 aliphatic heterocycles. The largest absolute Gasteiger partial charge is 0.368 e. The van der Waals surface area contributed by atoms with Gasteiger partial charge in [-0.15, -0.1) is 0 Å². The predicted molar refractivity (Wildman–Crippen MR) is 107 cm³/mol. The Labute approximate surface area is 157 Å². The molecule has 6 heteroatoms. The molecule has 0 bridgehead atoms. The van der Waals surface area contributed by atoms with Crippen LogP contribution in [0.3, 0.4) is 0 Å². The van der Waals surface area contributed by atoms with Crippen molar-refractivity contribution in [1.82, 2.24) is 19.7 Å². The van der Waals surface area contributed by atoms with Gasteiger partial charge in [-0.05, 0) is 38.1 Å². The van der Waals surface area contributed by atoms with Crippen LogP contribution in [0.5, 0.6) is 0 Å². The molecule has 2 atom stereocenters. The highest BCUT2D eigenvalue weighted by Gasteiger charge is 2.24. The number of nitrogens with zero attached hydrogens (tertiary/aromatic N) is 5. The van der Waals surface area contributed by atoms with Crippen molar-refractivity contribution in [3.63, 3.8) is 0 Å². The molecular weight excluding hydrogens is 336 g/mol. The van der Waals surface area contributed by atoms with Gasteiger partial charge in [0.25, 0.3) is 0 Å². The van der Waals surface area contributed by atoms with Crippen LogP contribution in [0.1, 0.15) is 19.4 Å². The Hall–Kier alpha value is -3.17. The first-order chi connectivity index (χ1) is 13.2. The minimum atomic E-state index is 0.408. The zero-order valence-electron chi connectivity index (χ0n) is 15.3. The molecule has 1 aromatic carbocycles. The molecule has 0 radical (unpaired) electrons. The number of pyridine rings is 2. The molecule has 4 heterocycles. The number of hydrogen-bond acceptors (Lipinski definition) is 5. The highest BCUT2D eigenvalue weighted by Crippen LogP contribution is 2.31. The molecule has 0 spiro atoms. The zero-order valence-corrected chi connectivity index (χ0v) is 15.3. The number of nitrogens with one attached hydrogen (secondary N) is 1. The number of rotatable bonds is 1. The Kier molecular flexibility index (Phi) is 3.52. The fraction of sp³-hybridized carbons (Fsp3) is 0.286. The summed E-state index contributed by atoms with van der Waals surface area (Å²) < 4.78 is 2.02. The first-order valence-corrected chi connectivity index (χ1v) is 9.25. The van der Waals surface area contributed by atoms with Crippen LogP contribution in [-0.4, -0.2) is 39.5 Å². The molecule has 0 amide bonds. The van der Waals surface area contributed by atoms with Gasteiger partial charge in [0, 0.05) is 42.4 Å². The second-order valence-electron chi connectivity index (χ2n) is 7.37. The van der Waals surface area contributed by atoms with E-state index in [0.29, 0.717) is 23.3 Å². The fourth-order valence-corrected chi connectivity index (χ4v) is 4.28. The van der Waals surface area contributed by atoms with E-state index in [2.05, 4.69) is 46.2 Å². The van der Waals surface area contributed by atoms with E-state index < -0.39 is 0 Å². The van der Waals surface area contributed by atoms with Gasteiger partial charge in [0.2, 0.25) is 0 Å². The van der Waals surface area contributed by atoms with E-state index in [1.807, 2.05) is 40.9 Å². The molecule has 1 N–H and O–H groups in total. The van der Waals surface area contributed by atoms with Gasteiger partial charge < -0.3 is 10.2 Å². The molecule has 3 aromatic heterocycles. The van der Waals surface area contributed by atoms with Crippen LogP contribution < -0.4 is 10.2 Å². The first kappa shape index (κ1) is 16.0. The van der Waals surface area contributed by atoms with Crippen molar-refractivity contribution < 1.29 is 0 Å². The van der Waals surface area contributed by atoms with Crippen LogP contribution in [0, 0.1) is 11.3 Å². The number of anilines is 1. The van der Waals surface area contributed by atoms with Crippen molar-refractivity contribution in [3.05, 3.63) is 48.2 Å². The average molecular weight is 356 g/mol. The summed E-state index contributed by atoms with van der Waals surface area (Å²) in [5.74, 6) is 0. The number of benzene rings is 1. The number of para-hydroxylation sites is 2. The molecule has 0 saturated carbocycles. The Balaban J connectivity index is 1.85. The van der Waals surface area contributed by atoms with Crippen molar-refractivity contribution in [3.8, 4) is 6.07 Å². The SMILES string of the molecule is CC1CN(c2ccnc3c2cc(C#N)c2nc4ccccc4n23)C[C@@H](C)N1. The van der Waals surface area contributed by atoms with Gasteiger partial charge >= 0.3 is 0 Å². The smallest absolute Gasteiger partial charge is 0.157 e. The number of nitriles is 1. The first-order valence-electron chi connectivity index (χ1n) is 9.25. The average Bonchev–Trinajstić information content (AvgIpc) is 3.06. The topological polar surface area (TPSA) is 69.2 Å². The number of imidazole rings is 1. The molecule has 1 aliphatic rings. The van der Waals surface area contributed by atoms with E-state index in [-0.39, 0.29) is 0 Å². The molecule has 6 nitrogen and oxygen atoms in total. The van der Waals surface area contributed by atoms with E-state index in [9.17, 15) is 5.26 Å². The van der Waals surface area contributed by atoms with Crippen LogP contribution >= 0.6 is 0 Å². The summed E-state index contributed by atoms with van der Waals surface area (Å²) in [4.78, 5) is 11.7. The third-order valence-corrected chi connectivity index (χ3v) is 5.27. The number of aromatic nitrogens is 3. The third kappa shape index (κ3) is 2.43.